The number of nitrogens with zero attached hydrogens (tertiary/aromatic N) is 1. The molecule has 1 heterocycles. The van der Waals surface area contributed by atoms with Crippen LogP contribution in [-0.4, -0.2) is 33.2 Å². The van der Waals surface area contributed by atoms with Gasteiger partial charge in [0.25, 0.3) is 0 Å². The van der Waals surface area contributed by atoms with Gasteiger partial charge in [0.05, 0.1) is 17.0 Å². The number of ether oxygens (including phenoxy) is 1. The highest BCUT2D eigenvalue weighted by Crippen LogP contribution is 2.24. The Morgan fingerprint density at radius 2 is 2.10 bits per heavy atom. The van der Waals surface area contributed by atoms with Crippen molar-refractivity contribution in [2.24, 2.45) is 0 Å². The van der Waals surface area contributed by atoms with Crippen LogP contribution in [0.2, 0.25) is 0 Å². The molecule has 108 valence electrons. The largest absolute Gasteiger partial charge is 0.383 e. The average Bonchev–Trinajstić information content (AvgIpc) is 2.38. The molecule has 0 aliphatic heterocycles. The maximum Gasteiger partial charge on any atom is 0.241 e. The predicted octanol–water partition coefficient (Wildman–Crippen LogP) is 1.86. The standard InChI is InChI=1S/C14H18N2O3S/c1-10-6-7-13(12-5-4-8-15-14(10)12)20(17,18)16-11(2)9-19-3/h4-8,11,16H,9H2,1-3H3/t11-/m0/s1. The second kappa shape index (κ2) is 5.87. The third-order valence-electron chi connectivity index (χ3n) is 2.99. The summed E-state index contributed by atoms with van der Waals surface area (Å²) in [4.78, 5) is 4.50. The van der Waals surface area contributed by atoms with Gasteiger partial charge in [0.15, 0.2) is 0 Å². The summed E-state index contributed by atoms with van der Waals surface area (Å²) in [6, 6.07) is 6.59. The van der Waals surface area contributed by atoms with Gasteiger partial charge < -0.3 is 4.74 Å². The summed E-state index contributed by atoms with van der Waals surface area (Å²) in [5, 5.41) is 0.629. The van der Waals surface area contributed by atoms with Gasteiger partial charge in [-0.15, -0.1) is 0 Å². The van der Waals surface area contributed by atoms with Crippen LogP contribution >= 0.6 is 0 Å². The molecule has 0 saturated heterocycles. The molecule has 1 aromatic carbocycles. The van der Waals surface area contributed by atoms with Crippen LogP contribution in [0, 0.1) is 6.92 Å². The van der Waals surface area contributed by atoms with Crippen molar-refractivity contribution in [3.8, 4) is 0 Å². The van der Waals surface area contributed by atoms with E-state index in [0.717, 1.165) is 5.56 Å². The smallest absolute Gasteiger partial charge is 0.241 e. The summed E-state index contributed by atoms with van der Waals surface area (Å²) in [5.41, 5.74) is 1.65. The molecule has 0 aliphatic carbocycles. The lowest BCUT2D eigenvalue weighted by molar-refractivity contribution is 0.180. The summed E-state index contributed by atoms with van der Waals surface area (Å²) in [7, 11) is -2.06. The first kappa shape index (κ1) is 14.9. The molecule has 20 heavy (non-hydrogen) atoms. The molecule has 0 aliphatic rings. The van der Waals surface area contributed by atoms with E-state index in [0.29, 0.717) is 17.5 Å². The van der Waals surface area contributed by atoms with E-state index in [2.05, 4.69) is 9.71 Å². The Balaban J connectivity index is 2.50. The van der Waals surface area contributed by atoms with Crippen molar-refractivity contribution in [3.05, 3.63) is 36.0 Å². The van der Waals surface area contributed by atoms with Crippen LogP contribution in [0.5, 0.6) is 0 Å². The number of aromatic nitrogens is 1. The van der Waals surface area contributed by atoms with Gasteiger partial charge in [-0.1, -0.05) is 6.07 Å². The van der Waals surface area contributed by atoms with Gasteiger partial charge in [-0.25, -0.2) is 13.1 Å². The van der Waals surface area contributed by atoms with Crippen LogP contribution in [0.3, 0.4) is 0 Å². The quantitative estimate of drug-likeness (QED) is 0.914. The molecule has 0 radical (unpaired) electrons. The van der Waals surface area contributed by atoms with Gasteiger partial charge in [-0.05, 0) is 37.6 Å². The Kier molecular flexibility index (Phi) is 4.37. The fourth-order valence-electron chi connectivity index (χ4n) is 2.13. The van der Waals surface area contributed by atoms with Crippen molar-refractivity contribution in [2.75, 3.05) is 13.7 Å². The zero-order valence-corrected chi connectivity index (χ0v) is 12.6. The molecule has 0 amide bonds. The molecule has 0 spiro atoms. The Bertz CT molecular complexity index is 713. The fourth-order valence-corrected chi connectivity index (χ4v) is 3.56. The van der Waals surface area contributed by atoms with E-state index >= 15 is 0 Å². The highest BCUT2D eigenvalue weighted by molar-refractivity contribution is 7.89. The number of pyridine rings is 1. The van der Waals surface area contributed by atoms with Crippen molar-refractivity contribution >= 4 is 20.9 Å². The van der Waals surface area contributed by atoms with Crippen LogP contribution in [-0.2, 0) is 14.8 Å². The normalized spacial score (nSPS) is 13.6. The van der Waals surface area contributed by atoms with Crippen LogP contribution in [0.1, 0.15) is 12.5 Å². The van der Waals surface area contributed by atoms with E-state index in [9.17, 15) is 8.42 Å². The van der Waals surface area contributed by atoms with E-state index in [1.807, 2.05) is 6.92 Å². The molecular weight excluding hydrogens is 276 g/mol. The van der Waals surface area contributed by atoms with Gasteiger partial charge in [-0.3, -0.25) is 4.98 Å². The molecule has 2 rings (SSSR count). The van der Waals surface area contributed by atoms with Crippen molar-refractivity contribution in [1.82, 2.24) is 9.71 Å². The van der Waals surface area contributed by atoms with Crippen LogP contribution in [0.15, 0.2) is 35.4 Å². The van der Waals surface area contributed by atoms with Crippen LogP contribution < -0.4 is 4.72 Å². The van der Waals surface area contributed by atoms with Gasteiger partial charge >= 0.3 is 0 Å². The molecule has 0 fully saturated rings. The zero-order chi connectivity index (χ0) is 14.8. The van der Waals surface area contributed by atoms with E-state index in [-0.39, 0.29) is 10.9 Å². The maximum absolute atomic E-state index is 12.4. The maximum atomic E-state index is 12.4. The zero-order valence-electron chi connectivity index (χ0n) is 11.8. The lowest BCUT2D eigenvalue weighted by atomic mass is 10.1. The van der Waals surface area contributed by atoms with Crippen molar-refractivity contribution in [1.29, 1.82) is 0 Å². The van der Waals surface area contributed by atoms with Gasteiger partial charge in [-0.2, -0.15) is 0 Å². The monoisotopic (exact) mass is 294 g/mol. The summed E-state index contributed by atoms with van der Waals surface area (Å²) >= 11 is 0. The van der Waals surface area contributed by atoms with E-state index in [4.69, 9.17) is 4.74 Å². The predicted molar refractivity (Wildman–Crippen MR) is 78.1 cm³/mol. The van der Waals surface area contributed by atoms with Gasteiger partial charge in [0.1, 0.15) is 0 Å². The first-order valence-electron chi connectivity index (χ1n) is 6.31. The van der Waals surface area contributed by atoms with E-state index in [1.165, 1.54) is 7.11 Å². The molecule has 2 aromatic rings. The second-order valence-electron chi connectivity index (χ2n) is 4.76. The highest BCUT2D eigenvalue weighted by Gasteiger charge is 2.20. The minimum atomic E-state index is -3.60. The Morgan fingerprint density at radius 1 is 1.35 bits per heavy atom. The van der Waals surface area contributed by atoms with Crippen molar-refractivity contribution in [2.45, 2.75) is 24.8 Å². The van der Waals surface area contributed by atoms with E-state index < -0.39 is 10.0 Å². The lowest BCUT2D eigenvalue weighted by Crippen LogP contribution is -2.35. The lowest BCUT2D eigenvalue weighted by Gasteiger charge is -2.15. The van der Waals surface area contributed by atoms with Gasteiger partial charge in [0.2, 0.25) is 10.0 Å². The average molecular weight is 294 g/mol. The molecule has 1 N–H and O–H groups in total. The third-order valence-corrected chi connectivity index (χ3v) is 4.64. The summed E-state index contributed by atoms with van der Waals surface area (Å²) in [6.07, 6.45) is 1.66. The molecular formula is C14H18N2O3S. The first-order valence-corrected chi connectivity index (χ1v) is 7.79. The first-order chi connectivity index (χ1) is 9.45. The summed E-state index contributed by atoms with van der Waals surface area (Å²) in [5.74, 6) is 0. The minimum Gasteiger partial charge on any atom is -0.383 e. The Hall–Kier alpha value is -1.50. The molecule has 0 bridgehead atoms. The molecule has 1 aromatic heterocycles. The number of nitrogens with one attached hydrogen (secondary N) is 1. The number of sulfonamides is 1. The van der Waals surface area contributed by atoms with Crippen LogP contribution in [0.4, 0.5) is 0 Å². The number of fused-ring (bicyclic) bond motifs is 1. The summed E-state index contributed by atoms with van der Waals surface area (Å²) in [6.45, 7) is 3.99. The summed E-state index contributed by atoms with van der Waals surface area (Å²) < 4.78 is 32.5. The Labute approximate surface area is 119 Å². The SMILES string of the molecule is COC[C@H](C)NS(=O)(=O)c1ccc(C)c2ncccc12. The van der Waals surface area contributed by atoms with Gasteiger partial charge in [0, 0.05) is 24.7 Å². The molecule has 5 nitrogen and oxygen atoms in total. The van der Waals surface area contributed by atoms with Crippen molar-refractivity contribution < 1.29 is 13.2 Å². The molecule has 0 unspecified atom stereocenters. The molecule has 6 heteroatoms. The molecule has 1 atom stereocenters. The number of hydrogen-bond acceptors (Lipinski definition) is 4. The number of hydrogen-bond donors (Lipinski definition) is 1. The van der Waals surface area contributed by atoms with E-state index in [1.54, 1.807) is 37.4 Å². The second-order valence-corrected chi connectivity index (χ2v) is 6.44. The third kappa shape index (κ3) is 2.98. The number of methoxy groups -OCH3 is 1. The minimum absolute atomic E-state index is 0.245. The number of benzene rings is 1. The number of aryl methyl sites for hydroxylation is 1. The molecule has 0 saturated carbocycles. The Morgan fingerprint density at radius 3 is 2.80 bits per heavy atom. The number of rotatable bonds is 5. The fraction of sp³-hybridized carbons (Fsp3) is 0.357. The van der Waals surface area contributed by atoms with Crippen LogP contribution in [0.25, 0.3) is 10.9 Å². The van der Waals surface area contributed by atoms with Crippen molar-refractivity contribution in [3.63, 3.8) is 0 Å². The topological polar surface area (TPSA) is 68.3 Å². The highest BCUT2D eigenvalue weighted by atomic mass is 32.2.